The first-order valence-corrected chi connectivity index (χ1v) is 20.4. The predicted molar refractivity (Wildman–Crippen MR) is 195 cm³/mol. The van der Waals surface area contributed by atoms with Crippen LogP contribution in [0.15, 0.2) is 84.6 Å². The molecule has 0 aliphatic carbocycles. The number of anilines is 1. The van der Waals surface area contributed by atoms with Gasteiger partial charge in [-0.05, 0) is 43.9 Å². The molecule has 2 aromatic heterocycles. The molecular formula is C35H39N2O6S4+. The molecule has 2 aromatic carbocycles. The molecule has 0 spiro atoms. The zero-order valence-corrected chi connectivity index (χ0v) is 30.1. The van der Waals surface area contributed by atoms with Crippen LogP contribution in [0.2, 0.25) is 0 Å². The van der Waals surface area contributed by atoms with Gasteiger partial charge in [-0.3, -0.25) is 9.11 Å². The Labute approximate surface area is 284 Å². The fourth-order valence-corrected chi connectivity index (χ4v) is 10.8. The maximum Gasteiger partial charge on any atom is 0.267 e. The quantitative estimate of drug-likeness (QED) is 0.0926. The normalized spacial score (nSPS) is 18.5. The molecule has 0 atom stereocenters. The number of rotatable bonds is 11. The van der Waals surface area contributed by atoms with Gasteiger partial charge in [0.1, 0.15) is 5.00 Å². The van der Waals surface area contributed by atoms with Crippen LogP contribution in [0.25, 0.3) is 20.2 Å². The minimum absolute atomic E-state index is 0.295. The van der Waals surface area contributed by atoms with E-state index in [2.05, 4.69) is 73.6 Å². The third-order valence-electron chi connectivity index (χ3n) is 9.05. The van der Waals surface area contributed by atoms with Gasteiger partial charge in [0.05, 0.1) is 22.5 Å². The van der Waals surface area contributed by atoms with Gasteiger partial charge in [-0.15, -0.1) is 11.3 Å². The van der Waals surface area contributed by atoms with Crippen LogP contribution in [0.4, 0.5) is 10.0 Å². The van der Waals surface area contributed by atoms with Crippen molar-refractivity contribution >= 4 is 78.8 Å². The predicted octanol–water partition coefficient (Wildman–Crippen LogP) is 7.84. The van der Waals surface area contributed by atoms with Crippen LogP contribution in [0.5, 0.6) is 0 Å². The highest BCUT2D eigenvalue weighted by Crippen LogP contribution is 2.55. The van der Waals surface area contributed by atoms with Crippen molar-refractivity contribution in [3.8, 4) is 0 Å². The molecule has 2 aliphatic heterocycles. The number of benzene rings is 2. The van der Waals surface area contributed by atoms with Gasteiger partial charge in [0.2, 0.25) is 0 Å². The van der Waals surface area contributed by atoms with Gasteiger partial charge in [-0.25, -0.2) is 0 Å². The van der Waals surface area contributed by atoms with E-state index in [0.717, 1.165) is 21.4 Å². The molecule has 47 heavy (non-hydrogen) atoms. The topological polar surface area (TPSA) is 115 Å². The van der Waals surface area contributed by atoms with E-state index in [0.29, 0.717) is 25.9 Å². The second kappa shape index (κ2) is 12.4. The minimum atomic E-state index is -4.07. The molecule has 2 aliphatic rings. The van der Waals surface area contributed by atoms with E-state index in [1.807, 2.05) is 42.5 Å². The lowest BCUT2D eigenvalue weighted by molar-refractivity contribution is -0.433. The minimum Gasteiger partial charge on any atom is -0.336 e. The molecule has 4 heterocycles. The Morgan fingerprint density at radius 3 is 2.02 bits per heavy atom. The molecule has 2 N–H and O–H groups in total. The first kappa shape index (κ1) is 33.8. The van der Waals surface area contributed by atoms with Crippen molar-refractivity contribution in [1.29, 1.82) is 0 Å². The third-order valence-corrected chi connectivity index (χ3v) is 13.1. The summed E-state index contributed by atoms with van der Waals surface area (Å²) in [6, 6.07) is 16.6. The summed E-state index contributed by atoms with van der Waals surface area (Å²) in [5.41, 5.74) is 3.90. The standard InChI is InChI=1S/C35H38N2O6S4/c1-34(2)28(36(20-12-22-46(38,39)40)32-30(34)24-14-8-10-16-26(24)44-32)18-6-5-7-19-29-35(3,4)31-25-15-9-11-17-27(25)45-33(31)37(29)21-13-23-47(41,42)43/h5-11,14-19H,12-13,20-23H2,1-4H3,(H-,38,39,40,41,42,43)/p+1. The second-order valence-corrected chi connectivity index (χ2v) is 18.3. The van der Waals surface area contributed by atoms with Crippen molar-refractivity contribution < 1.29 is 30.5 Å². The maximum atomic E-state index is 11.5. The molecular weight excluding hydrogens is 673 g/mol. The number of allylic oxidation sites excluding steroid dienone is 6. The summed E-state index contributed by atoms with van der Waals surface area (Å²) in [5, 5.41) is 4.59. The van der Waals surface area contributed by atoms with Crippen LogP contribution in [-0.4, -0.2) is 60.8 Å². The summed E-state index contributed by atoms with van der Waals surface area (Å²) in [5.74, 6) is -0.599. The zero-order chi connectivity index (χ0) is 33.8. The zero-order valence-electron chi connectivity index (χ0n) is 26.8. The highest BCUT2D eigenvalue weighted by Gasteiger charge is 2.47. The number of hydrogen-bond donors (Lipinski definition) is 2. The van der Waals surface area contributed by atoms with Gasteiger partial charge in [0.25, 0.3) is 25.2 Å². The summed E-state index contributed by atoms with van der Waals surface area (Å²) < 4.78 is 69.3. The van der Waals surface area contributed by atoms with Crippen molar-refractivity contribution in [2.75, 3.05) is 29.5 Å². The van der Waals surface area contributed by atoms with E-state index in [4.69, 9.17) is 0 Å². The van der Waals surface area contributed by atoms with Crippen molar-refractivity contribution in [3.05, 3.63) is 95.7 Å². The van der Waals surface area contributed by atoms with Gasteiger partial charge >= 0.3 is 0 Å². The van der Waals surface area contributed by atoms with E-state index in [1.54, 1.807) is 22.7 Å². The van der Waals surface area contributed by atoms with Crippen molar-refractivity contribution in [3.63, 3.8) is 0 Å². The Bertz CT molecular complexity index is 2220. The van der Waals surface area contributed by atoms with Crippen LogP contribution >= 0.6 is 22.7 Å². The molecule has 0 saturated carbocycles. The Morgan fingerprint density at radius 1 is 0.766 bits per heavy atom. The number of nitrogens with zero attached hydrogens (tertiary/aromatic N) is 2. The molecule has 0 fully saturated rings. The molecule has 4 aromatic rings. The Kier molecular flexibility index (Phi) is 8.90. The Balaban J connectivity index is 1.33. The van der Waals surface area contributed by atoms with Crippen LogP contribution in [0, 0.1) is 0 Å². The Hall–Kier alpha value is -3.13. The number of fused-ring (bicyclic) bond motifs is 6. The van der Waals surface area contributed by atoms with Gasteiger partial charge in [-0.2, -0.15) is 21.4 Å². The maximum absolute atomic E-state index is 11.5. The molecule has 248 valence electrons. The van der Waals surface area contributed by atoms with Crippen molar-refractivity contribution in [2.24, 2.45) is 0 Å². The average Bonchev–Trinajstić information content (AvgIpc) is 3.66. The summed E-state index contributed by atoms with van der Waals surface area (Å²) in [4.78, 5) is 2.19. The summed E-state index contributed by atoms with van der Waals surface area (Å²) in [6.07, 6.45) is 10.7. The molecule has 0 unspecified atom stereocenters. The number of thiophene rings is 2. The summed E-state index contributed by atoms with van der Waals surface area (Å²) >= 11 is 3.39. The van der Waals surface area contributed by atoms with E-state index in [1.165, 1.54) is 31.3 Å². The van der Waals surface area contributed by atoms with Gasteiger partial charge in [0.15, 0.2) is 12.3 Å². The SMILES string of the molecule is CC1(C)C(/C=C/C=C/C=C2\N(CCCS(=O)(=O)O)c3sc4ccccc4c3C2(C)C)=[N+](CCCS(=O)(=O)O)c2sc3ccccc3c21. The molecule has 0 radical (unpaired) electrons. The first-order chi connectivity index (χ1) is 22.1. The first-order valence-electron chi connectivity index (χ1n) is 15.5. The lowest BCUT2D eigenvalue weighted by Gasteiger charge is -2.27. The third kappa shape index (κ3) is 6.51. The molecule has 8 nitrogen and oxygen atoms in total. The highest BCUT2D eigenvalue weighted by atomic mass is 32.2. The van der Waals surface area contributed by atoms with Crippen LogP contribution in [-0.2, 0) is 31.1 Å². The van der Waals surface area contributed by atoms with E-state index in [9.17, 15) is 25.9 Å². The molecule has 6 rings (SSSR count). The molecule has 0 amide bonds. The average molecular weight is 712 g/mol. The summed E-state index contributed by atoms with van der Waals surface area (Å²) in [7, 11) is -8.13. The number of hydrogen-bond acceptors (Lipinski definition) is 7. The largest absolute Gasteiger partial charge is 0.336 e. The fraction of sp³-hybridized carbons (Fsp3) is 0.343. The van der Waals surface area contributed by atoms with Crippen LogP contribution in [0.1, 0.15) is 51.7 Å². The van der Waals surface area contributed by atoms with E-state index < -0.39 is 20.2 Å². The fourth-order valence-electron chi connectivity index (χ4n) is 7.01. The lowest BCUT2D eigenvalue weighted by Crippen LogP contribution is -2.28. The Morgan fingerprint density at radius 2 is 1.36 bits per heavy atom. The van der Waals surface area contributed by atoms with E-state index >= 15 is 0 Å². The molecule has 0 bridgehead atoms. The second-order valence-electron chi connectivity index (χ2n) is 13.1. The molecule has 0 saturated heterocycles. The smallest absolute Gasteiger partial charge is 0.267 e. The van der Waals surface area contributed by atoms with Crippen LogP contribution < -0.4 is 4.90 Å². The van der Waals surface area contributed by atoms with Gasteiger partial charge < -0.3 is 4.90 Å². The highest BCUT2D eigenvalue weighted by molar-refractivity contribution is 7.86. The van der Waals surface area contributed by atoms with Gasteiger partial charge in [-0.1, -0.05) is 79.8 Å². The van der Waals surface area contributed by atoms with Crippen LogP contribution in [0.3, 0.4) is 0 Å². The van der Waals surface area contributed by atoms with Crippen molar-refractivity contribution in [2.45, 2.75) is 51.4 Å². The van der Waals surface area contributed by atoms with Gasteiger partial charge in [0, 0.05) is 50.5 Å². The van der Waals surface area contributed by atoms with Crippen molar-refractivity contribution in [1.82, 2.24) is 0 Å². The van der Waals surface area contributed by atoms with E-state index in [-0.39, 0.29) is 22.3 Å². The monoisotopic (exact) mass is 711 g/mol. The summed E-state index contributed by atoms with van der Waals surface area (Å²) in [6.45, 7) is 9.67. The lowest BCUT2D eigenvalue weighted by atomic mass is 9.81. The molecule has 12 heteroatoms.